The maximum absolute atomic E-state index is 13.3. The highest BCUT2D eigenvalue weighted by Gasteiger charge is 2.26. The third-order valence-corrected chi connectivity index (χ3v) is 6.64. The van der Waals surface area contributed by atoms with Gasteiger partial charge in [-0.2, -0.15) is 0 Å². The standard InChI is InChI=1S/C28H33N3O7S/c1-28(2,3)30-27(33)31-39(34,35)25-18-21(26(32)29-15-16-36-4)11-14-24(25)38-23-8-6-7-20(17-23)19-9-12-22(37-5)13-10-19/h6-14,17-18H,15-16H2,1-5H3,(H,29,32)(H2,30,31,33). The summed E-state index contributed by atoms with van der Waals surface area (Å²) in [6, 6.07) is 17.6. The first-order valence-corrected chi connectivity index (χ1v) is 13.6. The molecule has 0 aliphatic carbocycles. The molecule has 3 aromatic rings. The normalized spacial score (nSPS) is 11.4. The number of ether oxygens (including phenoxy) is 3. The average Bonchev–Trinajstić information content (AvgIpc) is 2.87. The van der Waals surface area contributed by atoms with Crippen LogP contribution in [-0.2, 0) is 14.8 Å². The zero-order chi connectivity index (χ0) is 28.6. The third-order valence-electron chi connectivity index (χ3n) is 5.29. The molecule has 0 aromatic heterocycles. The van der Waals surface area contributed by atoms with E-state index in [1.54, 1.807) is 46.1 Å². The number of hydrogen-bond donors (Lipinski definition) is 3. The fourth-order valence-electron chi connectivity index (χ4n) is 3.51. The molecule has 0 radical (unpaired) electrons. The molecule has 0 saturated heterocycles. The predicted octanol–water partition coefficient (Wildman–Crippen LogP) is 4.32. The lowest BCUT2D eigenvalue weighted by atomic mass is 10.1. The van der Waals surface area contributed by atoms with Crippen molar-refractivity contribution >= 4 is 22.0 Å². The molecule has 0 aliphatic heterocycles. The van der Waals surface area contributed by atoms with Crippen LogP contribution in [0.15, 0.2) is 71.6 Å². The number of urea groups is 1. The minimum Gasteiger partial charge on any atom is -0.497 e. The van der Waals surface area contributed by atoms with Crippen LogP contribution in [0.3, 0.4) is 0 Å². The molecule has 39 heavy (non-hydrogen) atoms. The summed E-state index contributed by atoms with van der Waals surface area (Å²) in [7, 11) is -1.35. The van der Waals surface area contributed by atoms with Gasteiger partial charge in [0.15, 0.2) is 0 Å². The number of sulfonamides is 1. The van der Waals surface area contributed by atoms with E-state index >= 15 is 0 Å². The van der Waals surface area contributed by atoms with Crippen molar-refractivity contribution in [2.75, 3.05) is 27.4 Å². The van der Waals surface area contributed by atoms with Crippen LogP contribution in [0, 0.1) is 0 Å². The van der Waals surface area contributed by atoms with Gasteiger partial charge in [-0.1, -0.05) is 24.3 Å². The van der Waals surface area contributed by atoms with E-state index < -0.39 is 27.5 Å². The summed E-state index contributed by atoms with van der Waals surface area (Å²) >= 11 is 0. The lowest BCUT2D eigenvalue weighted by Gasteiger charge is -2.21. The Hall–Kier alpha value is -4.09. The third kappa shape index (κ3) is 8.45. The van der Waals surface area contributed by atoms with Gasteiger partial charge in [-0.3, -0.25) is 4.79 Å². The summed E-state index contributed by atoms with van der Waals surface area (Å²) in [6.07, 6.45) is 0. The number of carbonyl (C=O) groups is 2. The Morgan fingerprint density at radius 3 is 2.23 bits per heavy atom. The molecule has 0 spiro atoms. The molecular formula is C28H33N3O7S. The topological polar surface area (TPSA) is 132 Å². The number of rotatable bonds is 10. The van der Waals surface area contributed by atoms with E-state index in [1.165, 1.54) is 19.2 Å². The van der Waals surface area contributed by atoms with Gasteiger partial charge in [-0.15, -0.1) is 0 Å². The first kappa shape index (κ1) is 29.5. The van der Waals surface area contributed by atoms with Crippen LogP contribution in [-0.4, -0.2) is 53.3 Å². The predicted molar refractivity (Wildman–Crippen MR) is 148 cm³/mol. The van der Waals surface area contributed by atoms with Crippen molar-refractivity contribution in [3.8, 4) is 28.4 Å². The van der Waals surface area contributed by atoms with Crippen LogP contribution in [0.5, 0.6) is 17.2 Å². The fourth-order valence-corrected chi connectivity index (χ4v) is 4.57. The van der Waals surface area contributed by atoms with Gasteiger partial charge in [0.25, 0.3) is 15.9 Å². The van der Waals surface area contributed by atoms with Gasteiger partial charge < -0.3 is 24.8 Å². The number of hydrogen-bond acceptors (Lipinski definition) is 7. The van der Waals surface area contributed by atoms with Gasteiger partial charge in [0.2, 0.25) is 0 Å². The maximum Gasteiger partial charge on any atom is 0.329 e. The van der Waals surface area contributed by atoms with E-state index in [4.69, 9.17) is 14.2 Å². The molecule has 208 valence electrons. The molecule has 0 saturated carbocycles. The lowest BCUT2D eigenvalue weighted by molar-refractivity contribution is 0.0937. The van der Waals surface area contributed by atoms with E-state index in [0.29, 0.717) is 5.75 Å². The van der Waals surface area contributed by atoms with Crippen molar-refractivity contribution in [3.63, 3.8) is 0 Å². The van der Waals surface area contributed by atoms with Gasteiger partial charge in [-0.25, -0.2) is 17.9 Å². The van der Waals surface area contributed by atoms with Gasteiger partial charge >= 0.3 is 6.03 Å². The Kier molecular flexibility index (Phi) is 9.55. The van der Waals surface area contributed by atoms with Crippen molar-refractivity contribution in [1.29, 1.82) is 0 Å². The number of amides is 3. The number of nitrogens with one attached hydrogen (secondary N) is 3. The molecule has 0 aliphatic rings. The van der Waals surface area contributed by atoms with Crippen LogP contribution in [0.4, 0.5) is 4.79 Å². The Balaban J connectivity index is 1.97. The molecule has 3 amide bonds. The maximum atomic E-state index is 13.3. The Labute approximate surface area is 228 Å². The second kappa shape index (κ2) is 12.6. The van der Waals surface area contributed by atoms with Crippen LogP contribution < -0.4 is 24.8 Å². The molecule has 0 unspecified atom stereocenters. The monoisotopic (exact) mass is 555 g/mol. The summed E-state index contributed by atoms with van der Waals surface area (Å²) < 4.78 is 44.8. The van der Waals surface area contributed by atoms with Crippen LogP contribution in [0.25, 0.3) is 11.1 Å². The van der Waals surface area contributed by atoms with Crippen molar-refractivity contribution in [3.05, 3.63) is 72.3 Å². The first-order valence-electron chi connectivity index (χ1n) is 12.1. The van der Waals surface area contributed by atoms with Gasteiger partial charge in [0.1, 0.15) is 22.1 Å². The Morgan fingerprint density at radius 1 is 0.872 bits per heavy atom. The van der Waals surface area contributed by atoms with Crippen molar-refractivity contribution in [1.82, 2.24) is 15.4 Å². The smallest absolute Gasteiger partial charge is 0.329 e. The molecule has 11 heteroatoms. The summed E-state index contributed by atoms with van der Waals surface area (Å²) in [6.45, 7) is 5.68. The second-order valence-electron chi connectivity index (χ2n) is 9.58. The van der Waals surface area contributed by atoms with Crippen LogP contribution >= 0.6 is 0 Å². The second-order valence-corrected chi connectivity index (χ2v) is 11.2. The SMILES string of the molecule is COCCNC(=O)c1ccc(Oc2cccc(-c3ccc(OC)cc3)c2)c(S(=O)(=O)NC(=O)NC(C)(C)C)c1. The summed E-state index contributed by atoms with van der Waals surface area (Å²) in [5.41, 5.74) is 1.13. The Bertz CT molecular complexity index is 1420. The van der Waals surface area contributed by atoms with Gasteiger partial charge in [0, 0.05) is 24.8 Å². The Morgan fingerprint density at radius 2 is 1.59 bits per heavy atom. The molecule has 0 atom stereocenters. The minimum atomic E-state index is -4.44. The zero-order valence-electron chi connectivity index (χ0n) is 22.5. The highest BCUT2D eigenvalue weighted by Crippen LogP contribution is 2.32. The molecule has 3 rings (SSSR count). The largest absolute Gasteiger partial charge is 0.497 e. The number of carbonyl (C=O) groups excluding carboxylic acids is 2. The summed E-state index contributed by atoms with van der Waals surface area (Å²) in [5.74, 6) is 0.508. The van der Waals surface area contributed by atoms with Crippen molar-refractivity contribution in [2.45, 2.75) is 31.2 Å². The first-order chi connectivity index (χ1) is 18.4. The average molecular weight is 556 g/mol. The quantitative estimate of drug-likeness (QED) is 0.318. The summed E-state index contributed by atoms with van der Waals surface area (Å²) in [4.78, 5) is 24.7. The molecule has 0 bridgehead atoms. The van der Waals surface area contributed by atoms with Gasteiger partial charge in [0.05, 0.1) is 13.7 Å². The zero-order valence-corrected chi connectivity index (χ0v) is 23.3. The fraction of sp³-hybridized carbons (Fsp3) is 0.286. The molecule has 0 fully saturated rings. The van der Waals surface area contributed by atoms with Gasteiger partial charge in [-0.05, 0) is 74.4 Å². The van der Waals surface area contributed by atoms with Crippen LogP contribution in [0.2, 0.25) is 0 Å². The molecule has 10 nitrogen and oxygen atoms in total. The number of methoxy groups -OCH3 is 2. The molecule has 3 aromatic carbocycles. The highest BCUT2D eigenvalue weighted by atomic mass is 32.2. The number of benzene rings is 3. The lowest BCUT2D eigenvalue weighted by Crippen LogP contribution is -2.48. The minimum absolute atomic E-state index is 0.0635. The van der Waals surface area contributed by atoms with E-state index in [0.717, 1.165) is 22.9 Å². The molecular weight excluding hydrogens is 522 g/mol. The molecule has 3 N–H and O–H groups in total. The van der Waals surface area contributed by atoms with E-state index in [-0.39, 0.29) is 29.4 Å². The molecule has 0 heterocycles. The van der Waals surface area contributed by atoms with E-state index in [1.807, 2.05) is 35.1 Å². The van der Waals surface area contributed by atoms with E-state index in [9.17, 15) is 18.0 Å². The van der Waals surface area contributed by atoms with E-state index in [2.05, 4.69) is 10.6 Å². The van der Waals surface area contributed by atoms with Crippen LogP contribution in [0.1, 0.15) is 31.1 Å². The van der Waals surface area contributed by atoms with Crippen molar-refractivity contribution < 1.29 is 32.2 Å². The highest BCUT2D eigenvalue weighted by molar-refractivity contribution is 7.90. The summed E-state index contributed by atoms with van der Waals surface area (Å²) in [5, 5.41) is 5.19. The van der Waals surface area contributed by atoms with Crippen molar-refractivity contribution in [2.24, 2.45) is 0 Å².